The van der Waals surface area contributed by atoms with Gasteiger partial charge in [-0.05, 0) is 47.4 Å². The maximum Gasteiger partial charge on any atom is 0.337 e. The first-order valence-corrected chi connectivity index (χ1v) is 8.74. The molecule has 0 atom stereocenters. The Kier molecular flexibility index (Phi) is 5.91. The second-order valence-corrected chi connectivity index (χ2v) is 6.10. The van der Waals surface area contributed by atoms with Crippen molar-refractivity contribution in [2.75, 3.05) is 19.5 Å². The van der Waals surface area contributed by atoms with E-state index in [0.29, 0.717) is 17.0 Å². The summed E-state index contributed by atoms with van der Waals surface area (Å²) in [7, 11) is 2.89. The fourth-order valence-electron chi connectivity index (χ4n) is 2.91. The van der Waals surface area contributed by atoms with Crippen LogP contribution in [0.5, 0.6) is 5.75 Å². The molecule has 144 valence electrons. The molecule has 0 bridgehead atoms. The number of anilines is 1. The summed E-state index contributed by atoms with van der Waals surface area (Å²) < 4.78 is 10.0. The number of hydrogen-bond donors (Lipinski definition) is 1. The first-order valence-electron chi connectivity index (χ1n) is 8.74. The van der Waals surface area contributed by atoms with Gasteiger partial charge in [-0.3, -0.25) is 4.79 Å². The van der Waals surface area contributed by atoms with Crippen molar-refractivity contribution in [3.05, 3.63) is 77.4 Å². The number of carbonyl (C=O) groups is 2. The molecule has 0 aromatic heterocycles. The van der Waals surface area contributed by atoms with E-state index in [2.05, 4.69) is 10.1 Å². The van der Waals surface area contributed by atoms with Crippen LogP contribution in [0.1, 0.15) is 15.9 Å². The lowest BCUT2D eigenvalue weighted by Gasteiger charge is -2.09. The van der Waals surface area contributed by atoms with E-state index in [4.69, 9.17) is 4.74 Å². The third kappa shape index (κ3) is 4.25. The normalized spacial score (nSPS) is 10.9. The van der Waals surface area contributed by atoms with Crippen molar-refractivity contribution in [2.45, 2.75) is 0 Å². The zero-order valence-electron chi connectivity index (χ0n) is 15.9. The lowest BCUT2D eigenvalue weighted by Crippen LogP contribution is -2.13. The fourth-order valence-corrected chi connectivity index (χ4v) is 2.91. The Bertz CT molecular complexity index is 1140. The smallest absolute Gasteiger partial charge is 0.337 e. The number of ether oxygens (including phenoxy) is 2. The van der Waals surface area contributed by atoms with Gasteiger partial charge in [0.1, 0.15) is 17.4 Å². The second-order valence-electron chi connectivity index (χ2n) is 6.10. The van der Waals surface area contributed by atoms with Crippen molar-refractivity contribution in [1.82, 2.24) is 0 Å². The number of rotatable bonds is 5. The number of benzene rings is 3. The van der Waals surface area contributed by atoms with Crippen LogP contribution in [-0.2, 0) is 9.53 Å². The van der Waals surface area contributed by atoms with E-state index in [1.54, 1.807) is 37.5 Å². The predicted molar refractivity (Wildman–Crippen MR) is 111 cm³/mol. The number of methoxy groups -OCH3 is 2. The van der Waals surface area contributed by atoms with Crippen molar-refractivity contribution in [2.24, 2.45) is 0 Å². The summed E-state index contributed by atoms with van der Waals surface area (Å²) in [5.41, 5.74) is 1.51. The van der Waals surface area contributed by atoms with Crippen LogP contribution in [-0.4, -0.2) is 26.1 Å². The molecule has 3 aromatic carbocycles. The molecule has 29 heavy (non-hydrogen) atoms. The maximum absolute atomic E-state index is 12.6. The molecule has 0 saturated heterocycles. The Balaban J connectivity index is 1.89. The Morgan fingerprint density at radius 1 is 0.966 bits per heavy atom. The molecule has 0 saturated carbocycles. The molecule has 0 aliphatic heterocycles. The van der Waals surface area contributed by atoms with Gasteiger partial charge in [-0.2, -0.15) is 5.26 Å². The summed E-state index contributed by atoms with van der Waals surface area (Å²) in [5.74, 6) is -0.295. The molecule has 0 unspecified atom stereocenters. The van der Waals surface area contributed by atoms with Crippen molar-refractivity contribution in [3.8, 4) is 11.8 Å². The molecule has 0 aliphatic carbocycles. The lowest BCUT2D eigenvalue weighted by atomic mass is 10.0. The van der Waals surface area contributed by atoms with Crippen LogP contribution in [0, 0.1) is 11.3 Å². The second kappa shape index (κ2) is 8.72. The van der Waals surface area contributed by atoms with Crippen molar-refractivity contribution < 1.29 is 19.1 Å². The Hall–Kier alpha value is -4.11. The highest BCUT2D eigenvalue weighted by Gasteiger charge is 2.12. The predicted octanol–water partition coefficient (Wildman–Crippen LogP) is 4.18. The number of nitrogens with one attached hydrogen (secondary N) is 1. The van der Waals surface area contributed by atoms with Gasteiger partial charge in [-0.15, -0.1) is 0 Å². The van der Waals surface area contributed by atoms with E-state index in [1.807, 2.05) is 30.3 Å². The van der Waals surface area contributed by atoms with Gasteiger partial charge in [-0.1, -0.05) is 30.3 Å². The zero-order valence-corrected chi connectivity index (χ0v) is 15.9. The Morgan fingerprint density at radius 2 is 1.66 bits per heavy atom. The third-order valence-electron chi connectivity index (χ3n) is 4.37. The molecule has 1 N–H and O–H groups in total. The number of carbonyl (C=O) groups excluding carboxylic acids is 2. The van der Waals surface area contributed by atoms with Gasteiger partial charge in [0.15, 0.2) is 0 Å². The highest BCUT2D eigenvalue weighted by atomic mass is 16.5. The summed E-state index contributed by atoms with van der Waals surface area (Å²) in [6.45, 7) is 0. The number of nitriles is 1. The van der Waals surface area contributed by atoms with Gasteiger partial charge in [0.05, 0.1) is 19.8 Å². The highest BCUT2D eigenvalue weighted by molar-refractivity contribution is 6.11. The average Bonchev–Trinajstić information content (AvgIpc) is 2.77. The van der Waals surface area contributed by atoms with Crippen LogP contribution in [0.4, 0.5) is 5.69 Å². The number of fused-ring (bicyclic) bond motifs is 1. The molecule has 3 rings (SSSR count). The van der Waals surface area contributed by atoms with Crippen LogP contribution in [0.15, 0.2) is 66.2 Å². The van der Waals surface area contributed by atoms with Crippen molar-refractivity contribution in [3.63, 3.8) is 0 Å². The molecule has 0 radical (unpaired) electrons. The van der Waals surface area contributed by atoms with Crippen LogP contribution in [0.2, 0.25) is 0 Å². The van der Waals surface area contributed by atoms with Crippen molar-refractivity contribution >= 4 is 34.4 Å². The standard InChI is InChI=1S/C23H18N2O4/c1-28-21-12-9-16(19-5-3-4-6-20(19)21)13-17(14-24)22(26)25-18-10-7-15(8-11-18)23(27)29-2/h3-13H,1-2H3,(H,25,26)/b17-13+. The maximum atomic E-state index is 12.6. The van der Waals surface area contributed by atoms with Gasteiger partial charge < -0.3 is 14.8 Å². The topological polar surface area (TPSA) is 88.4 Å². The van der Waals surface area contributed by atoms with E-state index in [1.165, 1.54) is 19.2 Å². The number of nitrogens with zero attached hydrogens (tertiary/aromatic N) is 1. The molecule has 0 aliphatic rings. The van der Waals surface area contributed by atoms with Gasteiger partial charge >= 0.3 is 5.97 Å². The molecule has 3 aromatic rings. The van der Waals surface area contributed by atoms with Gasteiger partial charge in [-0.25, -0.2) is 4.79 Å². The first-order chi connectivity index (χ1) is 14.1. The summed E-state index contributed by atoms with van der Waals surface area (Å²) in [4.78, 5) is 24.1. The minimum absolute atomic E-state index is 0.0441. The highest BCUT2D eigenvalue weighted by Crippen LogP contribution is 2.29. The molecule has 1 amide bonds. The molecular weight excluding hydrogens is 368 g/mol. The quantitative estimate of drug-likeness (QED) is 0.404. The summed E-state index contributed by atoms with van der Waals surface area (Å²) >= 11 is 0. The van der Waals surface area contributed by atoms with Crippen molar-refractivity contribution in [1.29, 1.82) is 5.26 Å². The molecule has 6 nitrogen and oxygen atoms in total. The summed E-state index contributed by atoms with van der Waals surface area (Å²) in [6.07, 6.45) is 1.54. The zero-order chi connectivity index (χ0) is 20.8. The Morgan fingerprint density at radius 3 is 2.28 bits per heavy atom. The minimum atomic E-state index is -0.543. The van der Waals surface area contributed by atoms with E-state index in [-0.39, 0.29) is 5.57 Å². The van der Waals surface area contributed by atoms with E-state index in [0.717, 1.165) is 16.3 Å². The fraction of sp³-hybridized carbons (Fsp3) is 0.0870. The molecule has 0 fully saturated rings. The first kappa shape index (κ1) is 19.6. The molecular formula is C23H18N2O4. The summed E-state index contributed by atoms with van der Waals surface area (Å²) in [5, 5.41) is 13.9. The third-order valence-corrected chi connectivity index (χ3v) is 4.37. The monoisotopic (exact) mass is 386 g/mol. The van der Waals surface area contributed by atoms with Gasteiger partial charge in [0, 0.05) is 11.1 Å². The molecule has 0 spiro atoms. The number of amides is 1. The lowest BCUT2D eigenvalue weighted by molar-refractivity contribution is -0.112. The van der Waals surface area contributed by atoms with E-state index < -0.39 is 11.9 Å². The Labute approximate surface area is 168 Å². The SMILES string of the molecule is COC(=O)c1ccc(NC(=O)/C(C#N)=C/c2ccc(OC)c3ccccc23)cc1. The average molecular weight is 386 g/mol. The molecule has 0 heterocycles. The number of esters is 1. The van der Waals surface area contributed by atoms with Crippen LogP contribution < -0.4 is 10.1 Å². The van der Waals surface area contributed by atoms with E-state index in [9.17, 15) is 14.9 Å². The van der Waals surface area contributed by atoms with Crippen LogP contribution >= 0.6 is 0 Å². The summed E-state index contributed by atoms with van der Waals surface area (Å²) in [6, 6.07) is 19.4. The number of hydrogen-bond acceptors (Lipinski definition) is 5. The van der Waals surface area contributed by atoms with Crippen LogP contribution in [0.25, 0.3) is 16.8 Å². The van der Waals surface area contributed by atoms with Crippen LogP contribution in [0.3, 0.4) is 0 Å². The molecule has 6 heteroatoms. The minimum Gasteiger partial charge on any atom is -0.496 e. The van der Waals surface area contributed by atoms with Gasteiger partial charge in [0.2, 0.25) is 0 Å². The largest absolute Gasteiger partial charge is 0.496 e. The van der Waals surface area contributed by atoms with Gasteiger partial charge in [0.25, 0.3) is 5.91 Å². The van der Waals surface area contributed by atoms with E-state index >= 15 is 0 Å².